The fraction of sp³-hybridized carbons (Fsp3) is 0.200. The van der Waals surface area contributed by atoms with Gasteiger partial charge in [-0.25, -0.2) is 0 Å². The number of hydrogen-bond donors (Lipinski definition) is 1. The van der Waals surface area contributed by atoms with Gasteiger partial charge in [-0.2, -0.15) is 0 Å². The highest BCUT2D eigenvalue weighted by Gasteiger charge is 2.03. The Balaban J connectivity index is 2.10. The second kappa shape index (κ2) is 6.03. The van der Waals surface area contributed by atoms with Crippen LogP contribution >= 0.6 is 15.9 Å². The van der Waals surface area contributed by atoms with Crippen LogP contribution in [0.1, 0.15) is 16.7 Å². The van der Waals surface area contributed by atoms with E-state index in [0.29, 0.717) is 13.2 Å². The summed E-state index contributed by atoms with van der Waals surface area (Å²) in [7, 11) is 0. The lowest BCUT2D eigenvalue weighted by atomic mass is 10.1. The molecule has 0 unspecified atom stereocenters. The minimum atomic E-state index is 0.475. The van der Waals surface area contributed by atoms with Gasteiger partial charge in [-0.15, -0.1) is 0 Å². The number of hydrogen-bond acceptors (Lipinski definition) is 2. The van der Waals surface area contributed by atoms with Crippen LogP contribution in [0.2, 0.25) is 0 Å². The van der Waals surface area contributed by atoms with E-state index < -0.39 is 0 Å². The molecule has 2 rings (SSSR count). The van der Waals surface area contributed by atoms with Crippen LogP contribution in [0, 0.1) is 6.92 Å². The van der Waals surface area contributed by atoms with E-state index >= 15 is 0 Å². The average molecular weight is 306 g/mol. The number of ether oxygens (including phenoxy) is 1. The Labute approximate surface area is 116 Å². The number of halogens is 1. The van der Waals surface area contributed by atoms with Crippen molar-refractivity contribution < 1.29 is 4.74 Å². The van der Waals surface area contributed by atoms with E-state index in [-0.39, 0.29) is 0 Å². The van der Waals surface area contributed by atoms with Crippen LogP contribution in [0.3, 0.4) is 0 Å². The Bertz CT molecular complexity index is 540. The molecule has 0 saturated carbocycles. The summed E-state index contributed by atoms with van der Waals surface area (Å²) in [5.41, 5.74) is 9.13. The lowest BCUT2D eigenvalue weighted by molar-refractivity contribution is 0.303. The van der Waals surface area contributed by atoms with Crippen LogP contribution in [0.15, 0.2) is 46.9 Å². The lowest BCUT2D eigenvalue weighted by Gasteiger charge is -2.11. The molecule has 0 atom stereocenters. The van der Waals surface area contributed by atoms with Crippen molar-refractivity contribution in [2.45, 2.75) is 20.1 Å². The van der Waals surface area contributed by atoms with Crippen molar-refractivity contribution in [1.82, 2.24) is 0 Å². The zero-order chi connectivity index (χ0) is 13.0. The first-order chi connectivity index (χ1) is 8.69. The van der Waals surface area contributed by atoms with Gasteiger partial charge in [0.1, 0.15) is 12.4 Å². The molecule has 0 fully saturated rings. The second-order valence-corrected chi connectivity index (χ2v) is 5.15. The molecule has 0 aliphatic rings. The van der Waals surface area contributed by atoms with Crippen molar-refractivity contribution in [1.29, 1.82) is 0 Å². The molecule has 0 amide bonds. The molecule has 0 aromatic heterocycles. The van der Waals surface area contributed by atoms with E-state index in [9.17, 15) is 0 Å². The Kier molecular flexibility index (Phi) is 4.39. The molecule has 0 heterocycles. The van der Waals surface area contributed by atoms with Crippen molar-refractivity contribution in [2.24, 2.45) is 5.73 Å². The highest BCUT2D eigenvalue weighted by Crippen LogP contribution is 2.23. The first-order valence-corrected chi connectivity index (χ1v) is 6.65. The summed E-state index contributed by atoms with van der Waals surface area (Å²) in [6.07, 6.45) is 0. The normalized spacial score (nSPS) is 10.4. The summed E-state index contributed by atoms with van der Waals surface area (Å²) in [5, 5.41) is 0. The maximum absolute atomic E-state index is 5.82. The van der Waals surface area contributed by atoms with Crippen molar-refractivity contribution in [3.8, 4) is 5.75 Å². The zero-order valence-corrected chi connectivity index (χ0v) is 11.9. The minimum Gasteiger partial charge on any atom is -0.489 e. The van der Waals surface area contributed by atoms with E-state index in [1.165, 1.54) is 11.1 Å². The van der Waals surface area contributed by atoms with Crippen molar-refractivity contribution in [3.05, 3.63) is 63.6 Å². The average Bonchev–Trinajstić information content (AvgIpc) is 2.37. The summed E-state index contributed by atoms with van der Waals surface area (Å²) < 4.78 is 6.84. The standard InChI is InChI=1S/C15H16BrNO/c1-11-3-2-4-12(7-11)10-18-15-6-5-14(16)8-13(15)9-17/h2-8H,9-10,17H2,1H3. The van der Waals surface area contributed by atoms with Crippen molar-refractivity contribution in [2.75, 3.05) is 0 Å². The Hall–Kier alpha value is -1.32. The maximum Gasteiger partial charge on any atom is 0.124 e. The second-order valence-electron chi connectivity index (χ2n) is 4.23. The van der Waals surface area contributed by atoms with Gasteiger partial charge in [-0.3, -0.25) is 0 Å². The molecule has 0 radical (unpaired) electrons. The SMILES string of the molecule is Cc1cccc(COc2ccc(Br)cc2CN)c1. The topological polar surface area (TPSA) is 35.2 Å². The molecular weight excluding hydrogens is 290 g/mol. The summed E-state index contributed by atoms with van der Waals surface area (Å²) in [5.74, 6) is 0.849. The molecule has 0 saturated heterocycles. The van der Waals surface area contributed by atoms with Gasteiger partial charge in [0, 0.05) is 16.6 Å². The number of benzene rings is 2. The van der Waals surface area contributed by atoms with Crippen molar-refractivity contribution >= 4 is 15.9 Å². The van der Waals surface area contributed by atoms with E-state index in [1.807, 2.05) is 24.3 Å². The Morgan fingerprint density at radius 3 is 2.72 bits per heavy atom. The molecule has 2 nitrogen and oxygen atoms in total. The summed E-state index contributed by atoms with van der Waals surface area (Å²) in [6, 6.07) is 14.2. The molecule has 0 aliphatic carbocycles. The van der Waals surface area contributed by atoms with Crippen LogP contribution in [-0.2, 0) is 13.2 Å². The molecule has 2 N–H and O–H groups in total. The fourth-order valence-corrected chi connectivity index (χ4v) is 2.22. The number of nitrogens with two attached hydrogens (primary N) is 1. The van der Waals surface area contributed by atoms with E-state index in [0.717, 1.165) is 15.8 Å². The minimum absolute atomic E-state index is 0.475. The first-order valence-electron chi connectivity index (χ1n) is 5.86. The first kappa shape index (κ1) is 13.1. The molecule has 18 heavy (non-hydrogen) atoms. The third kappa shape index (κ3) is 3.34. The van der Waals surface area contributed by atoms with Gasteiger partial charge in [0.05, 0.1) is 0 Å². The third-order valence-corrected chi connectivity index (χ3v) is 3.21. The van der Waals surface area contributed by atoms with Gasteiger partial charge in [0.25, 0.3) is 0 Å². The summed E-state index contributed by atoms with van der Waals surface area (Å²) in [6.45, 7) is 3.12. The molecule has 0 spiro atoms. The smallest absolute Gasteiger partial charge is 0.124 e. The van der Waals surface area contributed by atoms with Crippen LogP contribution in [0.25, 0.3) is 0 Å². The van der Waals surface area contributed by atoms with Crippen LogP contribution in [-0.4, -0.2) is 0 Å². The third-order valence-electron chi connectivity index (χ3n) is 2.72. The van der Waals surface area contributed by atoms with Gasteiger partial charge in [-0.05, 0) is 30.7 Å². The quantitative estimate of drug-likeness (QED) is 0.932. The molecule has 0 aliphatic heterocycles. The lowest BCUT2D eigenvalue weighted by Crippen LogP contribution is -2.02. The van der Waals surface area contributed by atoms with E-state index in [1.54, 1.807) is 0 Å². The monoisotopic (exact) mass is 305 g/mol. The van der Waals surface area contributed by atoms with Gasteiger partial charge in [0.2, 0.25) is 0 Å². The van der Waals surface area contributed by atoms with E-state index in [4.69, 9.17) is 10.5 Å². The van der Waals surface area contributed by atoms with Crippen LogP contribution in [0.5, 0.6) is 5.75 Å². The van der Waals surface area contributed by atoms with E-state index in [2.05, 4.69) is 41.1 Å². The fourth-order valence-electron chi connectivity index (χ4n) is 1.81. The van der Waals surface area contributed by atoms with Gasteiger partial charge >= 0.3 is 0 Å². The molecule has 0 bridgehead atoms. The highest BCUT2D eigenvalue weighted by atomic mass is 79.9. The maximum atomic E-state index is 5.82. The molecule has 2 aromatic rings. The zero-order valence-electron chi connectivity index (χ0n) is 10.3. The largest absolute Gasteiger partial charge is 0.489 e. The van der Waals surface area contributed by atoms with Crippen LogP contribution < -0.4 is 10.5 Å². The number of aryl methyl sites for hydroxylation is 1. The molecule has 94 valence electrons. The summed E-state index contributed by atoms with van der Waals surface area (Å²) >= 11 is 3.43. The highest BCUT2D eigenvalue weighted by molar-refractivity contribution is 9.10. The molecular formula is C15H16BrNO. The Morgan fingerprint density at radius 2 is 2.00 bits per heavy atom. The molecule has 3 heteroatoms. The van der Waals surface area contributed by atoms with Gasteiger partial charge in [0.15, 0.2) is 0 Å². The van der Waals surface area contributed by atoms with Crippen LogP contribution in [0.4, 0.5) is 0 Å². The predicted octanol–water partition coefficient (Wildman–Crippen LogP) is 3.80. The Morgan fingerprint density at radius 1 is 1.17 bits per heavy atom. The van der Waals surface area contributed by atoms with Gasteiger partial charge in [-0.1, -0.05) is 45.8 Å². The molecule has 2 aromatic carbocycles. The summed E-state index contributed by atoms with van der Waals surface area (Å²) in [4.78, 5) is 0. The van der Waals surface area contributed by atoms with Crippen molar-refractivity contribution in [3.63, 3.8) is 0 Å². The number of rotatable bonds is 4. The van der Waals surface area contributed by atoms with Gasteiger partial charge < -0.3 is 10.5 Å². The predicted molar refractivity (Wildman–Crippen MR) is 77.5 cm³/mol.